The van der Waals surface area contributed by atoms with Crippen LogP contribution in [0, 0.1) is 11.6 Å². The summed E-state index contributed by atoms with van der Waals surface area (Å²) >= 11 is 0. The predicted octanol–water partition coefficient (Wildman–Crippen LogP) is 5.79. The fraction of sp³-hybridized carbons (Fsp3) is 0.444. The minimum absolute atomic E-state index is 0.0337. The van der Waals surface area contributed by atoms with Crippen LogP contribution in [0.3, 0.4) is 0 Å². The summed E-state index contributed by atoms with van der Waals surface area (Å²) in [5.41, 5.74) is -5.97. The number of hydrogen-bond acceptors (Lipinski definition) is 7. The Morgan fingerprint density at radius 3 is 2.06 bits per heavy atom. The van der Waals surface area contributed by atoms with E-state index in [-0.39, 0.29) is 46.9 Å². The van der Waals surface area contributed by atoms with E-state index < -0.39 is 63.4 Å². The van der Waals surface area contributed by atoms with Gasteiger partial charge in [-0.3, -0.25) is 13.9 Å². The van der Waals surface area contributed by atoms with Crippen LogP contribution in [0.4, 0.5) is 27.6 Å². The largest absolute Gasteiger partial charge is 0.516 e. The first kappa shape index (κ1) is 42.1. The van der Waals surface area contributed by atoms with Crippen molar-refractivity contribution < 1.29 is 49.8 Å². The lowest BCUT2D eigenvalue weighted by Gasteiger charge is -2.28. The van der Waals surface area contributed by atoms with Gasteiger partial charge in [0.1, 0.15) is 17.4 Å². The van der Waals surface area contributed by atoms with Crippen LogP contribution in [0.2, 0.25) is 0 Å². The highest BCUT2D eigenvalue weighted by Crippen LogP contribution is 2.32. The van der Waals surface area contributed by atoms with Crippen LogP contribution in [-0.2, 0) is 23.0 Å². The smallest absolute Gasteiger partial charge is 0.497 e. The molecule has 286 valence electrons. The predicted molar refractivity (Wildman–Crippen MR) is 188 cm³/mol. The van der Waals surface area contributed by atoms with Crippen molar-refractivity contribution in [1.82, 2.24) is 15.5 Å². The molecule has 0 saturated heterocycles. The van der Waals surface area contributed by atoms with Gasteiger partial charge in [0, 0.05) is 49.9 Å². The molecule has 16 heteroatoms. The average molecular weight is 757 g/mol. The Hall–Kier alpha value is -4.28. The van der Waals surface area contributed by atoms with Crippen molar-refractivity contribution in [2.24, 2.45) is 0 Å². The van der Waals surface area contributed by atoms with Gasteiger partial charge < -0.3 is 25.4 Å². The molecule has 3 rings (SSSR count). The van der Waals surface area contributed by atoms with Crippen molar-refractivity contribution in [3.63, 3.8) is 0 Å². The molecule has 2 amide bonds. The Morgan fingerprint density at radius 1 is 0.865 bits per heavy atom. The number of alkyl halides is 3. The summed E-state index contributed by atoms with van der Waals surface area (Å²) in [6.45, 7) is 5.23. The number of benzene rings is 3. The number of anilines is 1. The molecule has 3 aromatic carbocycles. The number of ether oxygens (including phenoxy) is 1. The van der Waals surface area contributed by atoms with Crippen molar-refractivity contribution in [3.05, 3.63) is 94.6 Å². The molecule has 0 aliphatic carbocycles. The molecule has 0 bridgehead atoms. The molecule has 0 heterocycles. The summed E-state index contributed by atoms with van der Waals surface area (Å²) in [7, 11) is -4.44. The maximum absolute atomic E-state index is 14.1. The number of sulfonamides is 1. The van der Waals surface area contributed by atoms with Crippen LogP contribution in [-0.4, -0.2) is 81.2 Å². The van der Waals surface area contributed by atoms with Gasteiger partial charge in [0.15, 0.2) is 0 Å². The van der Waals surface area contributed by atoms with Gasteiger partial charge in [-0.15, -0.1) is 0 Å². The molecule has 0 saturated carbocycles. The van der Waals surface area contributed by atoms with E-state index >= 15 is 0 Å². The molecular weight excluding hydrogens is 711 g/mol. The minimum atomic E-state index is -5.95. The van der Waals surface area contributed by atoms with Crippen LogP contribution in [0.1, 0.15) is 71.9 Å². The number of amides is 2. The lowest BCUT2D eigenvalue weighted by Crippen LogP contribution is -2.48. The van der Waals surface area contributed by atoms with E-state index in [1.807, 2.05) is 19.9 Å². The number of nitrogens with one attached hydrogen (secondary N) is 2. The van der Waals surface area contributed by atoms with Crippen molar-refractivity contribution in [1.29, 1.82) is 0 Å². The molecule has 10 nitrogen and oxygen atoms in total. The molecule has 52 heavy (non-hydrogen) atoms. The maximum atomic E-state index is 14.1. The summed E-state index contributed by atoms with van der Waals surface area (Å²) in [6.07, 6.45) is -0.588. The number of carbonyl (C=O) groups excluding carboxylic acids is 2. The number of aliphatic hydroxyl groups is 1. The van der Waals surface area contributed by atoms with Crippen molar-refractivity contribution in [3.8, 4) is 5.75 Å². The quantitative estimate of drug-likeness (QED) is 0.132. The monoisotopic (exact) mass is 756 g/mol. The SMILES string of the molecule is CCCN(CCC)C(=O)c1cc(C(=O)N[C@@H](Cc2cc(F)cc(F)c2)[C@H](O)CNCc2cccc(OC)c2)cc(N(CCC)S(=O)(=O)C(F)(F)F)c1. The fourth-order valence-electron chi connectivity index (χ4n) is 5.57. The Bertz CT molecular complexity index is 1750. The van der Waals surface area contributed by atoms with Crippen LogP contribution in [0.15, 0.2) is 60.7 Å². The van der Waals surface area contributed by atoms with E-state index in [1.165, 1.54) is 18.9 Å². The first-order valence-corrected chi connectivity index (χ1v) is 18.3. The highest BCUT2D eigenvalue weighted by molar-refractivity contribution is 7.93. The van der Waals surface area contributed by atoms with Gasteiger partial charge in [0.05, 0.1) is 24.9 Å². The van der Waals surface area contributed by atoms with E-state index in [0.29, 0.717) is 37.7 Å². The lowest BCUT2D eigenvalue weighted by molar-refractivity contribution is -0.0438. The molecule has 0 aliphatic rings. The van der Waals surface area contributed by atoms with Crippen molar-refractivity contribution in [2.75, 3.05) is 37.6 Å². The van der Waals surface area contributed by atoms with E-state index in [4.69, 9.17) is 4.74 Å². The van der Waals surface area contributed by atoms with Gasteiger partial charge in [-0.2, -0.15) is 21.6 Å². The molecule has 2 atom stereocenters. The van der Waals surface area contributed by atoms with Crippen LogP contribution in [0.5, 0.6) is 5.75 Å². The van der Waals surface area contributed by atoms with E-state index in [9.17, 15) is 45.1 Å². The van der Waals surface area contributed by atoms with Crippen LogP contribution in [0.25, 0.3) is 0 Å². The molecule has 0 unspecified atom stereocenters. The van der Waals surface area contributed by atoms with Gasteiger partial charge in [-0.1, -0.05) is 32.9 Å². The number of halogens is 5. The van der Waals surface area contributed by atoms with Crippen molar-refractivity contribution >= 4 is 27.5 Å². The zero-order valence-electron chi connectivity index (χ0n) is 29.5. The van der Waals surface area contributed by atoms with Crippen molar-refractivity contribution in [2.45, 2.75) is 70.7 Å². The third-order valence-corrected chi connectivity index (χ3v) is 9.53. The summed E-state index contributed by atoms with van der Waals surface area (Å²) in [6, 6.07) is 11.6. The second kappa shape index (κ2) is 19.0. The molecule has 0 spiro atoms. The molecule has 0 fully saturated rings. The second-order valence-electron chi connectivity index (χ2n) is 12.2. The number of rotatable bonds is 19. The van der Waals surface area contributed by atoms with Gasteiger partial charge in [-0.05, 0) is 79.3 Å². The minimum Gasteiger partial charge on any atom is -0.497 e. The molecule has 3 N–H and O–H groups in total. The third kappa shape index (κ3) is 11.4. The number of methoxy groups -OCH3 is 1. The van der Waals surface area contributed by atoms with Crippen LogP contribution < -0.4 is 19.7 Å². The molecule has 0 aliphatic heterocycles. The number of aliphatic hydroxyl groups excluding tert-OH is 1. The fourth-order valence-corrected chi connectivity index (χ4v) is 6.63. The Morgan fingerprint density at radius 2 is 1.48 bits per heavy atom. The lowest BCUT2D eigenvalue weighted by atomic mass is 9.99. The summed E-state index contributed by atoms with van der Waals surface area (Å²) in [5.74, 6) is -2.80. The normalized spacial score (nSPS) is 13.0. The van der Waals surface area contributed by atoms with E-state index in [1.54, 1.807) is 18.2 Å². The zero-order valence-corrected chi connectivity index (χ0v) is 30.3. The van der Waals surface area contributed by atoms with E-state index in [0.717, 1.165) is 35.9 Å². The number of nitrogens with zero attached hydrogens (tertiary/aromatic N) is 2. The van der Waals surface area contributed by atoms with Gasteiger partial charge >= 0.3 is 15.5 Å². The summed E-state index contributed by atoms with van der Waals surface area (Å²) in [5, 5.41) is 16.9. The summed E-state index contributed by atoms with van der Waals surface area (Å²) < 4.78 is 101. The first-order valence-electron chi connectivity index (χ1n) is 16.8. The highest BCUT2D eigenvalue weighted by atomic mass is 32.2. The highest BCUT2D eigenvalue weighted by Gasteiger charge is 2.50. The van der Waals surface area contributed by atoms with Gasteiger partial charge in [0.25, 0.3) is 11.8 Å². The van der Waals surface area contributed by atoms with Crippen LogP contribution >= 0.6 is 0 Å². The average Bonchev–Trinajstić information content (AvgIpc) is 3.08. The molecule has 3 aromatic rings. The number of hydrogen-bond donors (Lipinski definition) is 3. The summed E-state index contributed by atoms with van der Waals surface area (Å²) in [4.78, 5) is 29.0. The Balaban J connectivity index is 2.06. The maximum Gasteiger partial charge on any atom is 0.516 e. The molecular formula is C36H45F5N4O6S. The van der Waals surface area contributed by atoms with E-state index in [2.05, 4.69) is 10.6 Å². The molecule has 0 radical (unpaired) electrons. The first-order chi connectivity index (χ1) is 24.5. The third-order valence-electron chi connectivity index (χ3n) is 7.97. The van der Waals surface area contributed by atoms with Gasteiger partial charge in [-0.25, -0.2) is 8.78 Å². The zero-order chi connectivity index (χ0) is 38.6. The standard InChI is InChI=1S/C36H45F5N4O6S/c1-5-11-44(12-6-2)35(48)27-18-26(19-30(20-27)45(13-7-3)52(49,50)36(39,40)41)34(47)43-32(17-25-14-28(37)21-29(38)15-25)33(46)23-42-22-24-9-8-10-31(16-24)51-4/h8-10,14-16,18-21,32-33,42,46H,5-7,11-13,17,22-23H2,1-4H3,(H,43,47)/t32-,33+/m0/s1. The second-order valence-corrected chi connectivity index (χ2v) is 14.0. The van der Waals surface area contributed by atoms with Gasteiger partial charge in [0.2, 0.25) is 0 Å². The number of carbonyl (C=O) groups is 2. The molecule has 0 aromatic heterocycles. The topological polar surface area (TPSA) is 128 Å². The Kier molecular flexibility index (Phi) is 15.4. The Labute approximate surface area is 301 Å².